The first-order chi connectivity index (χ1) is 11.0. The van der Waals surface area contributed by atoms with E-state index < -0.39 is 9.84 Å². The van der Waals surface area contributed by atoms with E-state index in [0.717, 1.165) is 11.4 Å². The first-order valence-electron chi connectivity index (χ1n) is 7.97. The highest BCUT2D eigenvalue weighted by Gasteiger charge is 2.33. The van der Waals surface area contributed by atoms with Gasteiger partial charge < -0.3 is 9.64 Å². The molecule has 23 heavy (non-hydrogen) atoms. The number of hydrogen-bond acceptors (Lipinski definition) is 5. The molecule has 2 aliphatic rings. The maximum Gasteiger partial charge on any atom is 0.241 e. The molecule has 1 aromatic rings. The number of anilines is 1. The number of ether oxygens (including phenoxy) is 1. The van der Waals surface area contributed by atoms with Crippen LogP contribution in [-0.4, -0.2) is 63.0 Å². The van der Waals surface area contributed by atoms with Crippen molar-refractivity contribution in [3.8, 4) is 5.75 Å². The Morgan fingerprint density at radius 1 is 1.39 bits per heavy atom. The van der Waals surface area contributed by atoms with Crippen molar-refractivity contribution in [2.75, 3.05) is 42.6 Å². The van der Waals surface area contributed by atoms with E-state index in [1.165, 1.54) is 0 Å². The molecule has 0 saturated carbocycles. The molecule has 2 heterocycles. The van der Waals surface area contributed by atoms with Crippen molar-refractivity contribution in [2.24, 2.45) is 0 Å². The molecule has 1 saturated heterocycles. The van der Waals surface area contributed by atoms with Crippen molar-refractivity contribution in [2.45, 2.75) is 19.4 Å². The van der Waals surface area contributed by atoms with Crippen LogP contribution in [-0.2, 0) is 14.6 Å². The van der Waals surface area contributed by atoms with Crippen molar-refractivity contribution in [1.29, 1.82) is 0 Å². The molecule has 3 rings (SSSR count). The van der Waals surface area contributed by atoms with E-state index >= 15 is 0 Å². The van der Waals surface area contributed by atoms with Crippen LogP contribution in [0.1, 0.15) is 13.3 Å². The molecule has 0 radical (unpaired) electrons. The number of nitrogens with zero attached hydrogens (tertiary/aromatic N) is 2. The molecule has 126 valence electrons. The smallest absolute Gasteiger partial charge is 0.241 e. The summed E-state index contributed by atoms with van der Waals surface area (Å²) in [6, 6.07) is 7.45. The summed E-state index contributed by atoms with van der Waals surface area (Å²) in [5.41, 5.74) is 0.791. The van der Waals surface area contributed by atoms with Gasteiger partial charge in [0.25, 0.3) is 0 Å². The summed E-state index contributed by atoms with van der Waals surface area (Å²) in [5.74, 6) is 1.10. The Morgan fingerprint density at radius 2 is 2.17 bits per heavy atom. The van der Waals surface area contributed by atoms with E-state index in [1.54, 1.807) is 4.90 Å². The summed E-state index contributed by atoms with van der Waals surface area (Å²) >= 11 is 0. The standard InChI is InChI=1S/C16H22N2O4S/c1-2-17(13-7-10-23(20,21)12-13)11-16(19)18-8-9-22-15-6-4-3-5-14(15)18/h3-6,13H,2,7-12H2,1H3/t13-/m1/s1. The predicted octanol–water partition coefficient (Wildman–Crippen LogP) is 0.921. The van der Waals surface area contributed by atoms with Gasteiger partial charge in [-0.2, -0.15) is 0 Å². The Hall–Kier alpha value is -1.60. The van der Waals surface area contributed by atoms with Crippen molar-refractivity contribution < 1.29 is 17.9 Å². The number of rotatable bonds is 4. The van der Waals surface area contributed by atoms with Crippen molar-refractivity contribution in [3.05, 3.63) is 24.3 Å². The van der Waals surface area contributed by atoms with Crippen LogP contribution in [0, 0.1) is 0 Å². The monoisotopic (exact) mass is 338 g/mol. The Labute approximate surface area is 136 Å². The molecule has 7 heteroatoms. The lowest BCUT2D eigenvalue weighted by Gasteiger charge is -2.33. The number of carbonyl (C=O) groups is 1. The molecule has 1 amide bonds. The zero-order valence-corrected chi connectivity index (χ0v) is 14.1. The molecule has 1 atom stereocenters. The summed E-state index contributed by atoms with van der Waals surface area (Å²) < 4.78 is 28.9. The third-order valence-corrected chi connectivity index (χ3v) is 6.25. The molecular formula is C16H22N2O4S. The average molecular weight is 338 g/mol. The zero-order valence-electron chi connectivity index (χ0n) is 13.3. The minimum atomic E-state index is -2.95. The van der Waals surface area contributed by atoms with Crippen LogP contribution in [0.25, 0.3) is 0 Å². The van der Waals surface area contributed by atoms with Crippen LogP contribution in [0.15, 0.2) is 24.3 Å². The molecule has 2 aliphatic heterocycles. The highest BCUT2D eigenvalue weighted by atomic mass is 32.2. The normalized spacial score (nSPS) is 22.7. The number of sulfone groups is 1. The first kappa shape index (κ1) is 16.3. The zero-order chi connectivity index (χ0) is 16.4. The fourth-order valence-corrected chi connectivity index (χ4v) is 5.01. The molecule has 1 aromatic carbocycles. The quantitative estimate of drug-likeness (QED) is 0.817. The molecule has 0 unspecified atom stereocenters. The second-order valence-corrected chi connectivity index (χ2v) is 8.21. The van der Waals surface area contributed by atoms with Gasteiger partial charge in [-0.05, 0) is 25.1 Å². The van der Waals surface area contributed by atoms with Gasteiger partial charge in [0.1, 0.15) is 12.4 Å². The molecule has 0 N–H and O–H groups in total. The lowest BCUT2D eigenvalue weighted by molar-refractivity contribution is -0.120. The van der Waals surface area contributed by atoms with Crippen LogP contribution in [0.5, 0.6) is 5.75 Å². The molecule has 0 aromatic heterocycles. The third kappa shape index (κ3) is 3.50. The predicted molar refractivity (Wildman–Crippen MR) is 88.6 cm³/mol. The van der Waals surface area contributed by atoms with Crippen LogP contribution in [0.4, 0.5) is 5.69 Å². The largest absolute Gasteiger partial charge is 0.490 e. The Bertz CT molecular complexity index is 689. The Balaban J connectivity index is 1.71. The molecular weight excluding hydrogens is 316 g/mol. The van der Waals surface area contributed by atoms with Gasteiger partial charge in [0.05, 0.1) is 30.3 Å². The van der Waals surface area contributed by atoms with Crippen molar-refractivity contribution in [1.82, 2.24) is 4.90 Å². The van der Waals surface area contributed by atoms with Crippen molar-refractivity contribution >= 4 is 21.4 Å². The maximum atomic E-state index is 12.7. The van der Waals surface area contributed by atoms with Gasteiger partial charge in [-0.1, -0.05) is 19.1 Å². The molecule has 6 nitrogen and oxygen atoms in total. The van der Waals surface area contributed by atoms with E-state index in [2.05, 4.69) is 0 Å². The lowest BCUT2D eigenvalue weighted by atomic mass is 10.2. The van der Waals surface area contributed by atoms with Crippen LogP contribution in [0.3, 0.4) is 0 Å². The number of para-hydroxylation sites is 2. The Morgan fingerprint density at radius 3 is 2.87 bits per heavy atom. The second-order valence-electron chi connectivity index (χ2n) is 5.98. The number of carbonyl (C=O) groups excluding carboxylic acids is 1. The lowest BCUT2D eigenvalue weighted by Crippen LogP contribution is -2.47. The maximum absolute atomic E-state index is 12.7. The number of benzene rings is 1. The fraction of sp³-hybridized carbons (Fsp3) is 0.562. The highest BCUT2D eigenvalue weighted by molar-refractivity contribution is 7.91. The first-order valence-corrected chi connectivity index (χ1v) is 9.79. The number of amides is 1. The fourth-order valence-electron chi connectivity index (χ4n) is 3.25. The summed E-state index contributed by atoms with van der Waals surface area (Å²) in [4.78, 5) is 16.4. The second kappa shape index (κ2) is 6.49. The molecule has 0 bridgehead atoms. The van der Waals surface area contributed by atoms with E-state index in [-0.39, 0.29) is 30.0 Å². The minimum Gasteiger partial charge on any atom is -0.490 e. The molecule has 1 fully saturated rings. The number of fused-ring (bicyclic) bond motifs is 1. The van der Waals surface area contributed by atoms with Gasteiger partial charge in [-0.3, -0.25) is 9.69 Å². The van der Waals surface area contributed by atoms with Gasteiger partial charge in [-0.15, -0.1) is 0 Å². The van der Waals surface area contributed by atoms with E-state index in [9.17, 15) is 13.2 Å². The number of likely N-dealkylation sites (N-methyl/N-ethyl adjacent to an activating group) is 1. The van der Waals surface area contributed by atoms with Gasteiger partial charge in [0.2, 0.25) is 5.91 Å². The van der Waals surface area contributed by atoms with Gasteiger partial charge in [0, 0.05) is 6.04 Å². The summed E-state index contributed by atoms with van der Waals surface area (Å²) in [7, 11) is -2.95. The van der Waals surface area contributed by atoms with Crippen LogP contribution in [0.2, 0.25) is 0 Å². The van der Waals surface area contributed by atoms with Gasteiger partial charge in [-0.25, -0.2) is 8.42 Å². The number of hydrogen-bond donors (Lipinski definition) is 0. The SMILES string of the molecule is CCN(CC(=O)N1CCOc2ccccc21)[C@@H]1CCS(=O)(=O)C1. The van der Waals surface area contributed by atoms with Gasteiger partial charge >= 0.3 is 0 Å². The van der Waals surface area contributed by atoms with E-state index in [4.69, 9.17) is 4.74 Å². The van der Waals surface area contributed by atoms with Crippen LogP contribution < -0.4 is 9.64 Å². The third-order valence-electron chi connectivity index (χ3n) is 4.50. The topological polar surface area (TPSA) is 66.9 Å². The van der Waals surface area contributed by atoms with E-state index in [1.807, 2.05) is 36.1 Å². The molecule has 0 aliphatic carbocycles. The summed E-state index contributed by atoms with van der Waals surface area (Å²) in [5, 5.41) is 0. The van der Waals surface area contributed by atoms with Crippen LogP contribution >= 0.6 is 0 Å². The summed E-state index contributed by atoms with van der Waals surface area (Å²) in [6.07, 6.45) is 0.614. The van der Waals surface area contributed by atoms with Crippen molar-refractivity contribution in [3.63, 3.8) is 0 Å². The Kier molecular flexibility index (Phi) is 4.59. The molecule has 0 spiro atoms. The highest BCUT2D eigenvalue weighted by Crippen LogP contribution is 2.31. The van der Waals surface area contributed by atoms with E-state index in [0.29, 0.717) is 26.1 Å². The summed E-state index contributed by atoms with van der Waals surface area (Å²) in [6.45, 7) is 3.87. The minimum absolute atomic E-state index is 0.00750. The average Bonchev–Trinajstić information content (AvgIpc) is 2.91. The van der Waals surface area contributed by atoms with Gasteiger partial charge in [0.15, 0.2) is 9.84 Å².